The molecule has 1 N–H and O–H groups in total. The van der Waals surface area contributed by atoms with Gasteiger partial charge in [-0.2, -0.15) is 0 Å². The summed E-state index contributed by atoms with van der Waals surface area (Å²) in [5, 5.41) is 3.19. The highest BCUT2D eigenvalue weighted by molar-refractivity contribution is 5.29. The third-order valence-electron chi connectivity index (χ3n) is 2.77. The van der Waals surface area contributed by atoms with E-state index in [2.05, 4.69) is 41.3 Å². The number of hydrogen-bond acceptors (Lipinski definition) is 4. The first kappa shape index (κ1) is 14.3. The second-order valence-corrected chi connectivity index (χ2v) is 5.10. The molecule has 4 heteroatoms. The van der Waals surface area contributed by atoms with Crippen LogP contribution in [0, 0.1) is 5.92 Å². The molecule has 106 valence electrons. The Balaban J connectivity index is 1.76. The predicted molar refractivity (Wildman–Crippen MR) is 81.0 cm³/mol. The fourth-order valence-electron chi connectivity index (χ4n) is 1.72. The molecule has 0 aliphatic carbocycles. The molecule has 20 heavy (non-hydrogen) atoms. The van der Waals surface area contributed by atoms with Gasteiger partial charge in [-0.05, 0) is 36.1 Å². The molecule has 2 aromatic rings. The van der Waals surface area contributed by atoms with Crippen LogP contribution in [0.5, 0.6) is 5.75 Å². The van der Waals surface area contributed by atoms with Crippen molar-refractivity contribution in [3.63, 3.8) is 0 Å². The summed E-state index contributed by atoms with van der Waals surface area (Å²) in [6.07, 6.45) is 4.40. The maximum Gasteiger partial charge on any atom is 0.222 e. The van der Waals surface area contributed by atoms with E-state index in [1.54, 1.807) is 18.5 Å². The largest absolute Gasteiger partial charge is 0.493 e. The minimum atomic E-state index is 0.546. The predicted octanol–water partition coefficient (Wildman–Crippen LogP) is 3.17. The summed E-state index contributed by atoms with van der Waals surface area (Å²) in [6, 6.07) is 10.1. The molecule has 0 saturated carbocycles. The van der Waals surface area contributed by atoms with Gasteiger partial charge in [0.1, 0.15) is 5.75 Å². The van der Waals surface area contributed by atoms with Gasteiger partial charge in [-0.25, -0.2) is 9.97 Å². The Hall–Kier alpha value is -2.10. The number of hydrogen-bond donors (Lipinski definition) is 1. The fourth-order valence-corrected chi connectivity index (χ4v) is 1.72. The number of ether oxygens (including phenoxy) is 1. The van der Waals surface area contributed by atoms with Crippen LogP contribution in [0.25, 0.3) is 0 Å². The van der Waals surface area contributed by atoms with Crippen molar-refractivity contribution < 1.29 is 4.74 Å². The van der Waals surface area contributed by atoms with Gasteiger partial charge in [0.15, 0.2) is 0 Å². The van der Waals surface area contributed by atoms with E-state index < -0.39 is 0 Å². The van der Waals surface area contributed by atoms with Crippen molar-refractivity contribution in [1.82, 2.24) is 9.97 Å². The lowest BCUT2D eigenvalue weighted by molar-refractivity contribution is 0.271. The minimum absolute atomic E-state index is 0.546. The summed E-state index contributed by atoms with van der Waals surface area (Å²) >= 11 is 0. The molecule has 0 spiro atoms. The topological polar surface area (TPSA) is 47.0 Å². The lowest BCUT2D eigenvalue weighted by Gasteiger charge is -2.09. The van der Waals surface area contributed by atoms with Gasteiger partial charge in [-0.3, -0.25) is 0 Å². The minimum Gasteiger partial charge on any atom is -0.493 e. The van der Waals surface area contributed by atoms with Crippen molar-refractivity contribution >= 4 is 5.95 Å². The lowest BCUT2D eigenvalue weighted by Crippen LogP contribution is -2.07. The number of benzene rings is 1. The number of aromatic nitrogens is 2. The quantitative estimate of drug-likeness (QED) is 0.840. The molecular formula is C16H21N3O. The van der Waals surface area contributed by atoms with E-state index in [1.165, 1.54) is 5.56 Å². The van der Waals surface area contributed by atoms with Crippen LogP contribution in [0.15, 0.2) is 42.7 Å². The number of nitrogens with one attached hydrogen (secondary N) is 1. The molecule has 0 aliphatic rings. The van der Waals surface area contributed by atoms with Crippen LogP contribution in [0.3, 0.4) is 0 Å². The summed E-state index contributed by atoms with van der Waals surface area (Å²) in [5.41, 5.74) is 1.27. The molecular weight excluding hydrogens is 250 g/mol. The second kappa shape index (κ2) is 7.48. The Morgan fingerprint density at radius 2 is 1.80 bits per heavy atom. The summed E-state index contributed by atoms with van der Waals surface area (Å²) in [4.78, 5) is 8.25. The van der Waals surface area contributed by atoms with Crippen LogP contribution in [0.4, 0.5) is 5.95 Å². The smallest absolute Gasteiger partial charge is 0.222 e. The summed E-state index contributed by atoms with van der Waals surface area (Å²) < 4.78 is 5.66. The zero-order valence-corrected chi connectivity index (χ0v) is 12.0. The first-order valence-electron chi connectivity index (χ1n) is 6.96. The Labute approximate surface area is 120 Å². The van der Waals surface area contributed by atoms with Gasteiger partial charge in [0.05, 0.1) is 6.61 Å². The maximum absolute atomic E-state index is 5.66. The van der Waals surface area contributed by atoms with E-state index >= 15 is 0 Å². The molecule has 0 amide bonds. The highest BCUT2D eigenvalue weighted by Gasteiger charge is 1.99. The Kier molecular flexibility index (Phi) is 5.35. The third kappa shape index (κ3) is 4.88. The molecule has 1 aromatic carbocycles. The average molecular weight is 271 g/mol. The first-order chi connectivity index (χ1) is 9.74. The molecule has 0 aliphatic heterocycles. The first-order valence-corrected chi connectivity index (χ1v) is 6.96. The molecule has 0 radical (unpaired) electrons. The van der Waals surface area contributed by atoms with Gasteiger partial charge in [0, 0.05) is 18.9 Å². The van der Waals surface area contributed by atoms with Gasteiger partial charge in [0.2, 0.25) is 5.95 Å². The average Bonchev–Trinajstić information content (AvgIpc) is 2.47. The van der Waals surface area contributed by atoms with Crippen LogP contribution in [0.2, 0.25) is 0 Å². The number of nitrogens with zero attached hydrogens (tertiary/aromatic N) is 2. The standard InChI is InChI=1S/C16H21N3O/c1-13(2)12-20-15-6-4-14(5-7-15)8-11-19-16-17-9-3-10-18-16/h3-7,9-10,13H,8,11-12H2,1-2H3,(H,17,18,19). The molecule has 0 bridgehead atoms. The SMILES string of the molecule is CC(C)COc1ccc(CCNc2ncccn2)cc1. The zero-order chi connectivity index (χ0) is 14.2. The van der Waals surface area contributed by atoms with Gasteiger partial charge in [-0.1, -0.05) is 26.0 Å². The van der Waals surface area contributed by atoms with E-state index in [0.717, 1.165) is 25.3 Å². The van der Waals surface area contributed by atoms with Crippen LogP contribution < -0.4 is 10.1 Å². The van der Waals surface area contributed by atoms with Crippen LogP contribution in [-0.4, -0.2) is 23.1 Å². The van der Waals surface area contributed by atoms with Gasteiger partial charge < -0.3 is 10.1 Å². The number of anilines is 1. The van der Waals surface area contributed by atoms with Crippen molar-refractivity contribution in [2.45, 2.75) is 20.3 Å². The van der Waals surface area contributed by atoms with Crippen LogP contribution in [0.1, 0.15) is 19.4 Å². The summed E-state index contributed by atoms with van der Waals surface area (Å²) in [5.74, 6) is 2.15. The van der Waals surface area contributed by atoms with E-state index in [4.69, 9.17) is 4.74 Å². The molecule has 0 saturated heterocycles. The van der Waals surface area contributed by atoms with E-state index in [0.29, 0.717) is 11.9 Å². The van der Waals surface area contributed by atoms with Crippen LogP contribution >= 0.6 is 0 Å². The van der Waals surface area contributed by atoms with E-state index in [9.17, 15) is 0 Å². The summed E-state index contributed by atoms with van der Waals surface area (Å²) in [6.45, 7) is 5.86. The third-order valence-corrected chi connectivity index (χ3v) is 2.77. The zero-order valence-electron chi connectivity index (χ0n) is 12.0. The molecule has 1 aromatic heterocycles. The van der Waals surface area contributed by atoms with Crippen molar-refractivity contribution in [3.05, 3.63) is 48.3 Å². The fraction of sp³-hybridized carbons (Fsp3) is 0.375. The molecule has 4 nitrogen and oxygen atoms in total. The molecule has 0 atom stereocenters. The number of rotatable bonds is 7. The van der Waals surface area contributed by atoms with Crippen molar-refractivity contribution in [1.29, 1.82) is 0 Å². The van der Waals surface area contributed by atoms with Gasteiger partial charge in [0.25, 0.3) is 0 Å². The lowest BCUT2D eigenvalue weighted by atomic mass is 10.1. The Bertz CT molecular complexity index is 497. The van der Waals surface area contributed by atoms with Gasteiger partial charge >= 0.3 is 0 Å². The van der Waals surface area contributed by atoms with Crippen molar-refractivity contribution in [3.8, 4) is 5.75 Å². The normalized spacial score (nSPS) is 10.6. The molecule has 2 rings (SSSR count). The Morgan fingerprint density at radius 1 is 1.10 bits per heavy atom. The van der Waals surface area contributed by atoms with E-state index in [1.807, 2.05) is 12.1 Å². The maximum atomic E-state index is 5.66. The molecule has 0 unspecified atom stereocenters. The summed E-state index contributed by atoms with van der Waals surface area (Å²) in [7, 11) is 0. The Morgan fingerprint density at radius 3 is 2.45 bits per heavy atom. The van der Waals surface area contributed by atoms with Gasteiger partial charge in [-0.15, -0.1) is 0 Å². The van der Waals surface area contributed by atoms with E-state index in [-0.39, 0.29) is 0 Å². The highest BCUT2D eigenvalue weighted by atomic mass is 16.5. The molecule has 1 heterocycles. The monoisotopic (exact) mass is 271 g/mol. The van der Waals surface area contributed by atoms with Crippen molar-refractivity contribution in [2.24, 2.45) is 5.92 Å². The molecule has 0 fully saturated rings. The van der Waals surface area contributed by atoms with Crippen LogP contribution in [-0.2, 0) is 6.42 Å². The second-order valence-electron chi connectivity index (χ2n) is 5.10. The van der Waals surface area contributed by atoms with Crippen molar-refractivity contribution in [2.75, 3.05) is 18.5 Å². The highest BCUT2D eigenvalue weighted by Crippen LogP contribution is 2.13.